The number of ketones is 2. The highest BCUT2D eigenvalue weighted by molar-refractivity contribution is 6.09. The van der Waals surface area contributed by atoms with Crippen molar-refractivity contribution in [2.75, 3.05) is 19.1 Å². The second-order valence-corrected chi connectivity index (χ2v) is 13.0. The fourth-order valence-corrected chi connectivity index (χ4v) is 8.19. The number of hydrogen-bond donors (Lipinski definition) is 0. The zero-order valence-corrected chi connectivity index (χ0v) is 27.2. The molecule has 2 unspecified atom stereocenters. The van der Waals surface area contributed by atoms with Crippen LogP contribution < -0.4 is 14.4 Å². The molecule has 5 aromatic rings. The average molecular weight is 632 g/mol. The molecule has 1 aliphatic heterocycles. The Morgan fingerprint density at radius 3 is 1.67 bits per heavy atom. The van der Waals surface area contributed by atoms with Crippen molar-refractivity contribution in [3.8, 4) is 11.5 Å². The first kappa shape index (κ1) is 29.9. The lowest BCUT2D eigenvalue weighted by Crippen LogP contribution is -2.41. The highest BCUT2D eigenvalue weighted by atomic mass is 16.5. The van der Waals surface area contributed by atoms with Crippen molar-refractivity contribution in [3.05, 3.63) is 161 Å². The van der Waals surface area contributed by atoms with Crippen LogP contribution in [0.15, 0.2) is 144 Å². The summed E-state index contributed by atoms with van der Waals surface area (Å²) in [6, 6.07) is 41.3. The third-order valence-electron chi connectivity index (χ3n) is 10.4. The van der Waals surface area contributed by atoms with Gasteiger partial charge in [0.15, 0.2) is 23.1 Å². The van der Waals surface area contributed by atoms with Gasteiger partial charge in [-0.05, 0) is 65.0 Å². The molecule has 5 aromatic carbocycles. The molecule has 0 saturated carbocycles. The third-order valence-corrected chi connectivity index (χ3v) is 10.4. The summed E-state index contributed by atoms with van der Waals surface area (Å²) in [5.41, 5.74) is 7.57. The van der Waals surface area contributed by atoms with E-state index in [1.807, 2.05) is 54.6 Å². The molecule has 3 aliphatic rings. The summed E-state index contributed by atoms with van der Waals surface area (Å²) in [7, 11) is 3.23. The van der Waals surface area contributed by atoms with Crippen molar-refractivity contribution in [1.29, 1.82) is 0 Å². The highest BCUT2D eigenvalue weighted by Gasteiger charge is 2.47. The predicted octanol–water partition coefficient (Wildman–Crippen LogP) is 9.26. The fourth-order valence-electron chi connectivity index (χ4n) is 8.19. The van der Waals surface area contributed by atoms with E-state index in [1.165, 1.54) is 0 Å². The van der Waals surface area contributed by atoms with E-state index in [4.69, 9.17) is 9.47 Å². The van der Waals surface area contributed by atoms with Crippen LogP contribution in [0.3, 0.4) is 0 Å². The van der Waals surface area contributed by atoms with Crippen LogP contribution in [-0.2, 0) is 9.59 Å². The van der Waals surface area contributed by atoms with Crippen LogP contribution in [0.25, 0.3) is 10.8 Å². The Morgan fingerprint density at radius 2 is 1.08 bits per heavy atom. The van der Waals surface area contributed by atoms with E-state index in [2.05, 4.69) is 71.6 Å². The van der Waals surface area contributed by atoms with Gasteiger partial charge in [0.1, 0.15) is 0 Å². The predicted molar refractivity (Wildman–Crippen MR) is 190 cm³/mol. The second-order valence-electron chi connectivity index (χ2n) is 13.0. The summed E-state index contributed by atoms with van der Waals surface area (Å²) >= 11 is 0. The molecule has 5 nitrogen and oxygen atoms in total. The van der Waals surface area contributed by atoms with Crippen molar-refractivity contribution >= 4 is 28.0 Å². The Bertz CT molecular complexity index is 2020. The summed E-state index contributed by atoms with van der Waals surface area (Å²) < 4.78 is 11.3. The third kappa shape index (κ3) is 5.02. The number of carbonyl (C=O) groups excluding carboxylic acids is 2. The Morgan fingerprint density at radius 1 is 0.542 bits per heavy atom. The number of nitrogens with zero attached hydrogens (tertiary/aromatic N) is 1. The van der Waals surface area contributed by atoms with Crippen LogP contribution in [0, 0.1) is 0 Å². The van der Waals surface area contributed by atoms with E-state index in [1.54, 1.807) is 14.2 Å². The minimum Gasteiger partial charge on any atom is -0.493 e. The fraction of sp³-hybridized carbons (Fsp3) is 0.209. The summed E-state index contributed by atoms with van der Waals surface area (Å²) in [6.45, 7) is 0. The summed E-state index contributed by atoms with van der Waals surface area (Å²) in [4.78, 5) is 31.7. The zero-order valence-electron chi connectivity index (χ0n) is 27.2. The van der Waals surface area contributed by atoms with Gasteiger partial charge >= 0.3 is 0 Å². The number of allylic oxidation sites excluding steroid dienone is 4. The van der Waals surface area contributed by atoms with E-state index in [9.17, 15) is 9.59 Å². The van der Waals surface area contributed by atoms with E-state index < -0.39 is 5.92 Å². The number of hydrogen-bond acceptors (Lipinski definition) is 5. The number of anilines is 1. The molecular formula is C43H37NO4. The van der Waals surface area contributed by atoms with Crippen molar-refractivity contribution in [3.63, 3.8) is 0 Å². The van der Waals surface area contributed by atoms with Crippen molar-refractivity contribution in [2.45, 2.75) is 43.4 Å². The molecule has 2 atom stereocenters. The number of methoxy groups -OCH3 is 2. The van der Waals surface area contributed by atoms with Gasteiger partial charge in [-0.25, -0.2) is 0 Å². The Balaban J connectivity index is 1.41. The first-order valence-corrected chi connectivity index (χ1v) is 16.7. The van der Waals surface area contributed by atoms with Crippen molar-refractivity contribution in [2.24, 2.45) is 0 Å². The molecule has 5 heteroatoms. The molecule has 0 saturated heterocycles. The van der Waals surface area contributed by atoms with E-state index in [0.29, 0.717) is 48.3 Å². The van der Waals surface area contributed by atoms with Gasteiger partial charge in [0, 0.05) is 46.7 Å². The molecule has 48 heavy (non-hydrogen) atoms. The topological polar surface area (TPSA) is 55.8 Å². The number of benzene rings is 5. The van der Waals surface area contributed by atoms with Crippen molar-refractivity contribution in [1.82, 2.24) is 0 Å². The van der Waals surface area contributed by atoms with Gasteiger partial charge in [-0.1, -0.05) is 103 Å². The minimum absolute atomic E-state index is 0.0207. The van der Waals surface area contributed by atoms with Gasteiger partial charge in [0.2, 0.25) is 0 Å². The maximum absolute atomic E-state index is 14.7. The number of fused-ring (bicyclic) bond motifs is 1. The molecule has 0 amide bonds. The molecule has 0 aromatic heterocycles. The molecule has 0 radical (unpaired) electrons. The molecule has 2 aliphatic carbocycles. The lowest BCUT2D eigenvalue weighted by Gasteiger charge is -2.46. The van der Waals surface area contributed by atoms with Gasteiger partial charge in [0.25, 0.3) is 0 Å². The summed E-state index contributed by atoms with van der Waals surface area (Å²) in [6.07, 6.45) is 2.14. The zero-order chi connectivity index (χ0) is 32.8. The molecule has 0 fully saturated rings. The summed E-state index contributed by atoms with van der Waals surface area (Å²) in [5, 5.41) is 2.21. The van der Waals surface area contributed by atoms with Crippen LogP contribution in [0.2, 0.25) is 0 Å². The largest absolute Gasteiger partial charge is 0.493 e. The highest BCUT2D eigenvalue weighted by Crippen LogP contribution is 2.55. The normalized spacial score (nSPS) is 20.9. The first-order valence-electron chi connectivity index (χ1n) is 16.7. The molecule has 238 valence electrons. The van der Waals surface area contributed by atoms with Crippen LogP contribution in [0.1, 0.15) is 60.1 Å². The molecule has 8 rings (SSSR count). The second kappa shape index (κ2) is 12.3. The molecule has 0 spiro atoms. The Hall–Kier alpha value is -5.42. The lowest BCUT2D eigenvalue weighted by molar-refractivity contribution is -0.117. The lowest BCUT2D eigenvalue weighted by atomic mass is 9.66. The van der Waals surface area contributed by atoms with E-state index >= 15 is 0 Å². The van der Waals surface area contributed by atoms with Gasteiger partial charge < -0.3 is 14.4 Å². The van der Waals surface area contributed by atoms with E-state index in [-0.39, 0.29) is 23.4 Å². The minimum atomic E-state index is -0.505. The van der Waals surface area contributed by atoms with Crippen LogP contribution in [-0.4, -0.2) is 25.8 Å². The van der Waals surface area contributed by atoms with Gasteiger partial charge in [0.05, 0.1) is 19.9 Å². The summed E-state index contributed by atoms with van der Waals surface area (Å²) in [5.74, 6) is 0.885. The average Bonchev–Trinajstić information content (AvgIpc) is 3.14. The maximum Gasteiger partial charge on any atom is 0.162 e. The molecular weight excluding hydrogens is 594 g/mol. The Labute approximate surface area is 281 Å². The molecule has 0 N–H and O–H groups in total. The quantitative estimate of drug-likeness (QED) is 0.187. The van der Waals surface area contributed by atoms with Crippen LogP contribution >= 0.6 is 0 Å². The SMILES string of the molecule is COc1ccc(C2C3=C(CC(c4ccccc4)CC3=O)N(c3cccc4ccccc34)C3=C2C(=O)CC(c2ccccc2)C3)cc1OC. The molecule has 1 heterocycles. The smallest absolute Gasteiger partial charge is 0.162 e. The van der Waals surface area contributed by atoms with Crippen LogP contribution in [0.4, 0.5) is 5.69 Å². The molecule has 0 bridgehead atoms. The van der Waals surface area contributed by atoms with E-state index in [0.717, 1.165) is 44.5 Å². The van der Waals surface area contributed by atoms with Gasteiger partial charge in [-0.2, -0.15) is 0 Å². The maximum atomic E-state index is 14.7. The van der Waals surface area contributed by atoms with Crippen molar-refractivity contribution < 1.29 is 19.1 Å². The number of carbonyl (C=O) groups is 2. The Kier molecular flexibility index (Phi) is 7.68. The number of ether oxygens (including phenoxy) is 2. The number of rotatable bonds is 6. The van der Waals surface area contributed by atoms with Gasteiger partial charge in [-0.3, -0.25) is 9.59 Å². The van der Waals surface area contributed by atoms with Gasteiger partial charge in [-0.15, -0.1) is 0 Å². The number of Topliss-reactive ketones (excluding diaryl/α,β-unsaturated/α-hetero) is 2. The van der Waals surface area contributed by atoms with Crippen LogP contribution in [0.5, 0.6) is 11.5 Å². The first-order chi connectivity index (χ1) is 23.6. The standard InChI is InChI=1S/C43H37NO4/c1-47-39-21-20-30(26-40(39)48-2)41-42-35(22-31(24-37(42)45)27-12-5-3-6-13-27)44(34-19-11-17-29-16-9-10-18-33(29)34)36-23-32(25-38(46)43(36)41)28-14-7-4-8-15-28/h3-21,26,31-32,41H,22-25H2,1-2H3. The monoisotopic (exact) mass is 631 g/mol.